The predicted molar refractivity (Wildman–Crippen MR) is 74.9 cm³/mol. The number of ether oxygens (including phenoxy) is 1. The molecule has 1 aliphatic rings. The van der Waals surface area contributed by atoms with Gasteiger partial charge in [-0.1, -0.05) is 0 Å². The van der Waals surface area contributed by atoms with Crippen LogP contribution in [0.3, 0.4) is 0 Å². The zero-order valence-corrected chi connectivity index (χ0v) is 12.4. The first-order valence-corrected chi connectivity index (χ1v) is 7.76. The van der Waals surface area contributed by atoms with Crippen LogP contribution < -0.4 is 5.32 Å². The summed E-state index contributed by atoms with van der Waals surface area (Å²) >= 11 is 1.96. The number of hydrogen-bond acceptors (Lipinski definition) is 4. The molecule has 0 aromatic heterocycles. The minimum absolute atomic E-state index is 0.0331. The number of aliphatic hydroxyl groups is 1. The average Bonchev–Trinajstić information content (AvgIpc) is 2.27. The van der Waals surface area contributed by atoms with Crippen molar-refractivity contribution in [1.29, 1.82) is 0 Å². The molecule has 0 bridgehead atoms. The summed E-state index contributed by atoms with van der Waals surface area (Å²) in [4.78, 5) is 11.8. The zero-order chi connectivity index (χ0) is 13.6. The normalized spacial score (nSPS) is 19.3. The summed E-state index contributed by atoms with van der Waals surface area (Å²) in [6, 6.07) is 0.0331. The summed E-state index contributed by atoms with van der Waals surface area (Å²) in [7, 11) is 0. The maximum absolute atomic E-state index is 11.8. The van der Waals surface area contributed by atoms with Crippen LogP contribution in [0.5, 0.6) is 0 Å². The van der Waals surface area contributed by atoms with Crippen LogP contribution in [0.25, 0.3) is 0 Å². The van der Waals surface area contributed by atoms with E-state index in [1.807, 2.05) is 32.5 Å². The van der Waals surface area contributed by atoms with E-state index >= 15 is 0 Å². The van der Waals surface area contributed by atoms with Gasteiger partial charge < -0.3 is 15.2 Å². The van der Waals surface area contributed by atoms with Crippen molar-refractivity contribution in [3.63, 3.8) is 0 Å². The monoisotopic (exact) mass is 275 g/mol. The van der Waals surface area contributed by atoms with Gasteiger partial charge in [-0.15, -0.1) is 0 Å². The van der Waals surface area contributed by atoms with Crippen molar-refractivity contribution in [3.8, 4) is 0 Å². The molecule has 1 amide bonds. The fraction of sp³-hybridized carbons (Fsp3) is 0.923. The van der Waals surface area contributed by atoms with Gasteiger partial charge in [-0.25, -0.2) is 4.79 Å². The Bertz CT molecular complexity index is 259. The van der Waals surface area contributed by atoms with E-state index in [-0.39, 0.29) is 18.7 Å². The summed E-state index contributed by atoms with van der Waals surface area (Å²) in [6.07, 6.45) is 2.43. The van der Waals surface area contributed by atoms with E-state index in [0.29, 0.717) is 12.3 Å². The lowest BCUT2D eigenvalue weighted by Crippen LogP contribution is -2.44. The molecule has 1 fully saturated rings. The quantitative estimate of drug-likeness (QED) is 0.827. The molecular weight excluding hydrogens is 250 g/mol. The van der Waals surface area contributed by atoms with Gasteiger partial charge in [0.15, 0.2) is 0 Å². The second-order valence-electron chi connectivity index (χ2n) is 5.71. The molecule has 0 saturated carbocycles. The summed E-state index contributed by atoms with van der Waals surface area (Å²) < 4.78 is 5.27. The molecule has 1 saturated heterocycles. The van der Waals surface area contributed by atoms with Crippen LogP contribution in [0, 0.1) is 5.92 Å². The minimum Gasteiger partial charge on any atom is -0.444 e. The fourth-order valence-corrected chi connectivity index (χ4v) is 3.28. The molecule has 1 heterocycles. The number of aliphatic hydroxyl groups excluding tert-OH is 1. The molecule has 0 aliphatic carbocycles. The number of carbonyl (C=O) groups excluding carboxylic acids is 1. The summed E-state index contributed by atoms with van der Waals surface area (Å²) in [5, 5.41) is 12.0. The van der Waals surface area contributed by atoms with Crippen molar-refractivity contribution in [2.24, 2.45) is 5.92 Å². The highest BCUT2D eigenvalue weighted by atomic mass is 32.2. The summed E-state index contributed by atoms with van der Waals surface area (Å²) in [5.41, 5.74) is -0.476. The summed E-state index contributed by atoms with van der Waals surface area (Å²) in [6.45, 7) is 5.66. The highest BCUT2D eigenvalue weighted by Gasteiger charge is 2.26. The Hall–Kier alpha value is -0.420. The Morgan fingerprint density at radius 1 is 1.44 bits per heavy atom. The molecule has 18 heavy (non-hydrogen) atoms. The molecule has 0 radical (unpaired) electrons. The predicted octanol–water partition coefficient (Wildman–Crippen LogP) is 2.41. The molecule has 1 atom stereocenters. The third kappa shape index (κ3) is 5.96. The molecule has 106 valence electrons. The van der Waals surface area contributed by atoms with Crippen LogP contribution in [-0.2, 0) is 4.74 Å². The maximum atomic E-state index is 11.8. The number of hydrogen-bond donors (Lipinski definition) is 2. The van der Waals surface area contributed by atoms with Gasteiger partial charge in [0.1, 0.15) is 5.60 Å². The molecule has 1 aliphatic heterocycles. The average molecular weight is 275 g/mol. The van der Waals surface area contributed by atoms with Crippen LogP contribution in [0.2, 0.25) is 0 Å². The Morgan fingerprint density at radius 3 is 2.56 bits per heavy atom. The largest absolute Gasteiger partial charge is 0.444 e. The van der Waals surface area contributed by atoms with Crippen molar-refractivity contribution in [3.05, 3.63) is 0 Å². The zero-order valence-electron chi connectivity index (χ0n) is 11.6. The van der Waals surface area contributed by atoms with E-state index in [9.17, 15) is 4.79 Å². The van der Waals surface area contributed by atoms with Gasteiger partial charge in [-0.2, -0.15) is 11.8 Å². The van der Waals surface area contributed by atoms with E-state index in [1.54, 1.807) is 0 Å². The van der Waals surface area contributed by atoms with Crippen molar-refractivity contribution in [2.75, 3.05) is 18.1 Å². The van der Waals surface area contributed by atoms with Crippen LogP contribution in [0.4, 0.5) is 4.79 Å². The van der Waals surface area contributed by atoms with Crippen molar-refractivity contribution < 1.29 is 14.6 Å². The first-order valence-electron chi connectivity index (χ1n) is 6.60. The number of nitrogens with one attached hydrogen (secondary N) is 1. The summed E-state index contributed by atoms with van der Waals surface area (Å²) in [5.74, 6) is 2.75. The van der Waals surface area contributed by atoms with E-state index in [4.69, 9.17) is 9.84 Å². The highest BCUT2D eigenvalue weighted by Crippen LogP contribution is 2.26. The molecule has 4 nitrogen and oxygen atoms in total. The third-order valence-electron chi connectivity index (χ3n) is 2.98. The molecule has 0 aromatic carbocycles. The second kappa shape index (κ2) is 7.24. The molecule has 5 heteroatoms. The van der Waals surface area contributed by atoms with Gasteiger partial charge in [-0.3, -0.25) is 0 Å². The van der Waals surface area contributed by atoms with Crippen molar-refractivity contribution in [2.45, 2.75) is 51.7 Å². The SMILES string of the molecule is CC(C)(C)OC(=O)N[C@@H](CCO)C1CCSCC1. The van der Waals surface area contributed by atoms with Gasteiger partial charge in [0.05, 0.1) is 0 Å². The van der Waals surface area contributed by atoms with Crippen LogP contribution in [0.15, 0.2) is 0 Å². The van der Waals surface area contributed by atoms with Crippen LogP contribution >= 0.6 is 11.8 Å². The Morgan fingerprint density at radius 2 is 2.06 bits per heavy atom. The Labute approximate surface area is 114 Å². The van der Waals surface area contributed by atoms with Gasteiger partial charge in [-0.05, 0) is 57.5 Å². The first kappa shape index (κ1) is 15.6. The van der Waals surface area contributed by atoms with E-state index < -0.39 is 5.60 Å². The number of rotatable bonds is 4. The van der Waals surface area contributed by atoms with E-state index in [1.165, 1.54) is 0 Å². The highest BCUT2D eigenvalue weighted by molar-refractivity contribution is 7.99. The van der Waals surface area contributed by atoms with Gasteiger partial charge in [0, 0.05) is 12.6 Å². The lowest BCUT2D eigenvalue weighted by atomic mass is 9.91. The molecule has 0 aromatic rings. The van der Waals surface area contributed by atoms with Gasteiger partial charge >= 0.3 is 6.09 Å². The van der Waals surface area contributed by atoms with E-state index in [0.717, 1.165) is 24.3 Å². The topological polar surface area (TPSA) is 58.6 Å². The maximum Gasteiger partial charge on any atom is 0.407 e. The lowest BCUT2D eigenvalue weighted by Gasteiger charge is -2.31. The Balaban J connectivity index is 2.48. The fourth-order valence-electron chi connectivity index (χ4n) is 2.14. The number of alkyl carbamates (subject to hydrolysis) is 1. The van der Waals surface area contributed by atoms with E-state index in [2.05, 4.69) is 5.32 Å². The molecule has 0 spiro atoms. The van der Waals surface area contributed by atoms with Crippen LogP contribution in [-0.4, -0.2) is 41.0 Å². The molecule has 0 unspecified atom stereocenters. The second-order valence-corrected chi connectivity index (χ2v) is 6.94. The molecule has 1 rings (SSSR count). The number of amides is 1. The third-order valence-corrected chi connectivity index (χ3v) is 4.03. The molecule has 2 N–H and O–H groups in total. The minimum atomic E-state index is -0.476. The number of thioether (sulfide) groups is 1. The number of carbonyl (C=O) groups is 1. The first-order chi connectivity index (χ1) is 8.42. The standard InChI is InChI=1S/C13H25NO3S/c1-13(2,3)17-12(16)14-11(4-7-15)10-5-8-18-9-6-10/h10-11,15H,4-9H2,1-3H3,(H,14,16)/t11-/m0/s1. The smallest absolute Gasteiger partial charge is 0.407 e. The molecular formula is C13H25NO3S. The lowest BCUT2D eigenvalue weighted by molar-refractivity contribution is 0.0473. The van der Waals surface area contributed by atoms with Crippen molar-refractivity contribution >= 4 is 17.9 Å². The van der Waals surface area contributed by atoms with Gasteiger partial charge in [0.2, 0.25) is 0 Å². The Kier molecular flexibility index (Phi) is 6.29. The van der Waals surface area contributed by atoms with Gasteiger partial charge in [0.25, 0.3) is 0 Å². The van der Waals surface area contributed by atoms with Crippen molar-refractivity contribution in [1.82, 2.24) is 5.32 Å². The van der Waals surface area contributed by atoms with Crippen LogP contribution in [0.1, 0.15) is 40.0 Å².